The zero-order chi connectivity index (χ0) is 15.4. The first-order chi connectivity index (χ1) is 10.7. The molecule has 1 aromatic carbocycles. The zero-order valence-electron chi connectivity index (χ0n) is 12.2. The number of aliphatic imine (C=N–C) groups is 1. The van der Waals surface area contributed by atoms with Crippen LogP contribution in [0.15, 0.2) is 35.3 Å². The van der Waals surface area contributed by atoms with E-state index in [-0.39, 0.29) is 11.6 Å². The summed E-state index contributed by atoms with van der Waals surface area (Å²) in [6.45, 7) is 1.70. The van der Waals surface area contributed by atoms with Gasteiger partial charge in [0.2, 0.25) is 0 Å². The Labute approximate surface area is 135 Å². The maximum absolute atomic E-state index is 12.1. The molecule has 1 aromatic rings. The largest absolute Gasteiger partial charge is 0.445 e. The molecule has 2 aliphatic heterocycles. The van der Waals surface area contributed by atoms with Gasteiger partial charge in [0, 0.05) is 19.0 Å². The normalized spacial score (nSPS) is 22.1. The van der Waals surface area contributed by atoms with Gasteiger partial charge in [0.05, 0.1) is 0 Å². The van der Waals surface area contributed by atoms with E-state index >= 15 is 0 Å². The first-order valence-corrected chi connectivity index (χ1v) is 7.97. The molecule has 1 saturated heterocycles. The number of benzene rings is 1. The Hall–Kier alpha value is -1.73. The van der Waals surface area contributed by atoms with Crippen LogP contribution in [-0.2, 0) is 11.3 Å². The lowest BCUT2D eigenvalue weighted by Gasteiger charge is -2.31. The molecule has 0 saturated carbocycles. The van der Waals surface area contributed by atoms with Crippen molar-refractivity contribution in [1.29, 1.82) is 0 Å². The number of amidine groups is 1. The monoisotopic (exact) mass is 320 g/mol. The molecule has 2 aliphatic rings. The van der Waals surface area contributed by atoms with Crippen LogP contribution >= 0.6 is 12.6 Å². The lowest BCUT2D eigenvalue weighted by molar-refractivity contribution is 0.0863. The van der Waals surface area contributed by atoms with E-state index < -0.39 is 0 Å². The van der Waals surface area contributed by atoms with Crippen molar-refractivity contribution >= 4 is 24.6 Å². The SMILES string of the molecule is O=C(OCc1ccccc1)N1CCC(C2=NC(S)NN2)CC1. The number of carbonyl (C=O) groups is 1. The molecule has 0 bridgehead atoms. The van der Waals surface area contributed by atoms with E-state index in [9.17, 15) is 4.79 Å². The molecule has 0 radical (unpaired) electrons. The third kappa shape index (κ3) is 3.72. The second kappa shape index (κ2) is 7.02. The summed E-state index contributed by atoms with van der Waals surface area (Å²) in [5.41, 5.74) is 6.82. The van der Waals surface area contributed by atoms with Gasteiger partial charge in [0.15, 0.2) is 5.50 Å². The Bertz CT molecular complexity index is 544. The maximum Gasteiger partial charge on any atom is 0.410 e. The highest BCUT2D eigenvalue weighted by Gasteiger charge is 2.28. The summed E-state index contributed by atoms with van der Waals surface area (Å²) in [5.74, 6) is 1.29. The molecule has 0 aromatic heterocycles. The molecule has 0 aliphatic carbocycles. The van der Waals surface area contributed by atoms with Gasteiger partial charge in [-0.1, -0.05) is 30.3 Å². The Morgan fingerprint density at radius 2 is 2.05 bits per heavy atom. The first kappa shape index (κ1) is 15.2. The number of rotatable bonds is 3. The Kier molecular flexibility index (Phi) is 4.84. The second-order valence-electron chi connectivity index (χ2n) is 5.46. The minimum absolute atomic E-state index is 0.177. The molecule has 22 heavy (non-hydrogen) atoms. The van der Waals surface area contributed by atoms with Gasteiger partial charge < -0.3 is 15.1 Å². The summed E-state index contributed by atoms with van der Waals surface area (Å²) in [4.78, 5) is 18.2. The molecule has 0 spiro atoms. The number of ether oxygens (including phenoxy) is 1. The van der Waals surface area contributed by atoms with Crippen LogP contribution in [0.25, 0.3) is 0 Å². The second-order valence-corrected chi connectivity index (χ2v) is 5.95. The van der Waals surface area contributed by atoms with Crippen LogP contribution in [0.1, 0.15) is 18.4 Å². The number of nitrogens with one attached hydrogen (secondary N) is 2. The summed E-state index contributed by atoms with van der Waals surface area (Å²) in [6, 6.07) is 9.72. The molecule has 2 heterocycles. The highest BCUT2D eigenvalue weighted by atomic mass is 32.1. The van der Waals surface area contributed by atoms with Crippen molar-refractivity contribution in [3.8, 4) is 0 Å². The molecule has 1 amide bonds. The Balaban J connectivity index is 1.45. The third-order valence-electron chi connectivity index (χ3n) is 3.94. The van der Waals surface area contributed by atoms with Gasteiger partial charge in [-0.25, -0.2) is 15.2 Å². The minimum atomic E-state index is -0.242. The van der Waals surface area contributed by atoms with Crippen LogP contribution in [0.2, 0.25) is 0 Å². The topological polar surface area (TPSA) is 66.0 Å². The Morgan fingerprint density at radius 1 is 1.32 bits per heavy atom. The van der Waals surface area contributed by atoms with Crippen LogP contribution < -0.4 is 10.9 Å². The van der Waals surface area contributed by atoms with Crippen LogP contribution in [0.4, 0.5) is 4.79 Å². The number of likely N-dealkylation sites (tertiary alicyclic amines) is 1. The molecule has 3 rings (SSSR count). The van der Waals surface area contributed by atoms with E-state index in [1.54, 1.807) is 4.90 Å². The van der Waals surface area contributed by atoms with Crippen molar-refractivity contribution < 1.29 is 9.53 Å². The summed E-state index contributed by atoms with van der Waals surface area (Å²) in [6.07, 6.45) is 1.52. The van der Waals surface area contributed by atoms with E-state index in [1.807, 2.05) is 30.3 Å². The minimum Gasteiger partial charge on any atom is -0.445 e. The third-order valence-corrected chi connectivity index (χ3v) is 4.18. The lowest BCUT2D eigenvalue weighted by Crippen LogP contribution is -2.44. The average molecular weight is 320 g/mol. The zero-order valence-corrected chi connectivity index (χ0v) is 13.1. The van der Waals surface area contributed by atoms with Crippen LogP contribution in [0, 0.1) is 5.92 Å². The number of thiol groups is 1. The molecule has 118 valence electrons. The van der Waals surface area contributed by atoms with E-state index in [2.05, 4.69) is 28.5 Å². The molecule has 1 unspecified atom stereocenters. The summed E-state index contributed by atoms with van der Waals surface area (Å²) >= 11 is 4.24. The highest BCUT2D eigenvalue weighted by molar-refractivity contribution is 7.80. The predicted octanol–water partition coefficient (Wildman–Crippen LogP) is 1.75. The quantitative estimate of drug-likeness (QED) is 0.743. The summed E-state index contributed by atoms with van der Waals surface area (Å²) in [5, 5.41) is 0. The van der Waals surface area contributed by atoms with Crippen LogP contribution in [-0.4, -0.2) is 35.4 Å². The fourth-order valence-electron chi connectivity index (χ4n) is 2.69. The van der Waals surface area contributed by atoms with Crippen molar-refractivity contribution in [1.82, 2.24) is 15.8 Å². The van der Waals surface area contributed by atoms with Gasteiger partial charge in [-0.05, 0) is 18.4 Å². The van der Waals surface area contributed by atoms with Gasteiger partial charge in [0.1, 0.15) is 12.4 Å². The number of hydrazine groups is 1. The molecular formula is C15H20N4O2S. The van der Waals surface area contributed by atoms with Crippen molar-refractivity contribution in [2.45, 2.75) is 24.9 Å². The molecular weight excluding hydrogens is 300 g/mol. The molecule has 1 atom stereocenters. The Morgan fingerprint density at radius 3 is 2.68 bits per heavy atom. The van der Waals surface area contributed by atoms with E-state index in [0.29, 0.717) is 25.6 Å². The van der Waals surface area contributed by atoms with Crippen molar-refractivity contribution in [3.05, 3.63) is 35.9 Å². The first-order valence-electron chi connectivity index (χ1n) is 7.45. The average Bonchev–Trinajstić information content (AvgIpc) is 3.00. The number of amides is 1. The number of piperidine rings is 1. The van der Waals surface area contributed by atoms with Gasteiger partial charge in [-0.15, -0.1) is 12.6 Å². The number of hydrogen-bond acceptors (Lipinski definition) is 6. The number of carbonyl (C=O) groups excluding carboxylic acids is 1. The van der Waals surface area contributed by atoms with Gasteiger partial charge in [0.25, 0.3) is 0 Å². The van der Waals surface area contributed by atoms with E-state index in [4.69, 9.17) is 4.74 Å². The smallest absolute Gasteiger partial charge is 0.410 e. The van der Waals surface area contributed by atoms with E-state index in [0.717, 1.165) is 24.2 Å². The maximum atomic E-state index is 12.1. The summed E-state index contributed by atoms with van der Waals surface area (Å²) < 4.78 is 5.36. The predicted molar refractivity (Wildman–Crippen MR) is 87.4 cm³/mol. The van der Waals surface area contributed by atoms with Crippen molar-refractivity contribution in [2.75, 3.05) is 13.1 Å². The highest BCUT2D eigenvalue weighted by Crippen LogP contribution is 2.20. The van der Waals surface area contributed by atoms with Crippen molar-refractivity contribution in [3.63, 3.8) is 0 Å². The molecule has 6 nitrogen and oxygen atoms in total. The van der Waals surface area contributed by atoms with Crippen LogP contribution in [0.3, 0.4) is 0 Å². The molecule has 2 N–H and O–H groups in total. The van der Waals surface area contributed by atoms with Gasteiger partial charge in [-0.2, -0.15) is 0 Å². The number of nitrogens with zero attached hydrogens (tertiary/aromatic N) is 2. The van der Waals surface area contributed by atoms with Crippen LogP contribution in [0.5, 0.6) is 0 Å². The number of hydrogen-bond donors (Lipinski definition) is 3. The standard InChI is InChI=1S/C15H20N4O2S/c20-15(21-10-11-4-2-1-3-5-11)19-8-6-12(7-9-19)13-16-14(22)18-17-13/h1-5,12,14,18,22H,6-10H2,(H,16,17). The lowest BCUT2D eigenvalue weighted by atomic mass is 9.96. The fraction of sp³-hybridized carbons (Fsp3) is 0.467. The molecule has 7 heteroatoms. The summed E-state index contributed by atoms with van der Waals surface area (Å²) in [7, 11) is 0. The fourth-order valence-corrected chi connectivity index (χ4v) is 2.88. The van der Waals surface area contributed by atoms with Gasteiger partial charge in [-0.3, -0.25) is 0 Å². The van der Waals surface area contributed by atoms with Gasteiger partial charge >= 0.3 is 6.09 Å². The molecule has 1 fully saturated rings. The van der Waals surface area contributed by atoms with Crippen molar-refractivity contribution in [2.24, 2.45) is 10.9 Å². The van der Waals surface area contributed by atoms with E-state index in [1.165, 1.54) is 0 Å².